The Morgan fingerprint density at radius 1 is 1.21 bits per heavy atom. The van der Waals surface area contributed by atoms with Crippen LogP contribution in [0, 0.1) is 17.1 Å². The molecule has 0 saturated carbocycles. The summed E-state index contributed by atoms with van der Waals surface area (Å²) in [6.07, 6.45) is 0.591. The molecule has 0 fully saturated rings. The van der Waals surface area contributed by atoms with Gasteiger partial charge in [0.25, 0.3) is 5.91 Å². The van der Waals surface area contributed by atoms with Gasteiger partial charge in [0.15, 0.2) is 0 Å². The van der Waals surface area contributed by atoms with E-state index in [-0.39, 0.29) is 5.56 Å². The van der Waals surface area contributed by atoms with Gasteiger partial charge in [-0.1, -0.05) is 12.1 Å². The number of hydrogen-bond acceptors (Lipinski definition) is 5. The van der Waals surface area contributed by atoms with Gasteiger partial charge in [-0.15, -0.1) is 0 Å². The van der Waals surface area contributed by atoms with Crippen molar-refractivity contribution in [2.24, 2.45) is 0 Å². The average molecular weight is 378 g/mol. The van der Waals surface area contributed by atoms with E-state index in [1.54, 1.807) is 19.2 Å². The quantitative estimate of drug-likeness (QED) is 0.615. The number of ether oxygens (including phenoxy) is 1. The number of nitrogens with one attached hydrogen (secondary N) is 2. The zero-order chi connectivity index (χ0) is 19.9. The highest BCUT2D eigenvalue weighted by Crippen LogP contribution is 2.24. The van der Waals surface area contributed by atoms with Crippen molar-refractivity contribution in [3.63, 3.8) is 0 Å². The topological polar surface area (TPSA) is 87.0 Å². The van der Waals surface area contributed by atoms with Crippen molar-refractivity contribution in [2.75, 3.05) is 25.5 Å². The number of benzene rings is 2. The second-order valence-electron chi connectivity index (χ2n) is 6.07. The highest BCUT2D eigenvalue weighted by atomic mass is 19.1. The molecule has 0 saturated heterocycles. The first-order chi connectivity index (χ1) is 13.6. The predicted molar refractivity (Wildman–Crippen MR) is 105 cm³/mol. The standard InChI is InChI=1S/C21H19FN4O2/c1-28-16-7-8-19-14(12-16)11-15(13-23)20(26-19)24-9-4-10-25-21(27)17-5-2-3-6-18(17)22/h2-3,5-8,11-12H,4,9-10H2,1H3,(H,24,26)(H,25,27). The number of aromatic nitrogens is 1. The van der Waals surface area contributed by atoms with Gasteiger partial charge in [0.2, 0.25) is 0 Å². The van der Waals surface area contributed by atoms with E-state index in [1.807, 2.05) is 18.2 Å². The Hall–Kier alpha value is -3.66. The number of amides is 1. The van der Waals surface area contributed by atoms with Crippen LogP contribution < -0.4 is 15.4 Å². The molecule has 28 heavy (non-hydrogen) atoms. The SMILES string of the molecule is COc1ccc2nc(NCCCNC(=O)c3ccccc3F)c(C#N)cc2c1. The fourth-order valence-electron chi connectivity index (χ4n) is 2.74. The van der Waals surface area contributed by atoms with Gasteiger partial charge in [-0.2, -0.15) is 5.26 Å². The highest BCUT2D eigenvalue weighted by Gasteiger charge is 2.10. The number of carbonyl (C=O) groups is 1. The normalized spacial score (nSPS) is 10.3. The molecule has 3 rings (SSSR count). The number of fused-ring (bicyclic) bond motifs is 1. The molecule has 1 heterocycles. The summed E-state index contributed by atoms with van der Waals surface area (Å²) in [5.41, 5.74) is 1.19. The number of halogens is 1. The molecule has 0 radical (unpaired) electrons. The lowest BCUT2D eigenvalue weighted by atomic mass is 10.1. The number of anilines is 1. The molecule has 0 aliphatic heterocycles. The minimum atomic E-state index is -0.547. The fraction of sp³-hybridized carbons (Fsp3) is 0.190. The molecule has 1 aromatic heterocycles. The molecule has 6 nitrogen and oxygen atoms in total. The lowest BCUT2D eigenvalue weighted by molar-refractivity contribution is 0.0949. The minimum Gasteiger partial charge on any atom is -0.497 e. The van der Waals surface area contributed by atoms with Crippen LogP contribution in [0.4, 0.5) is 10.2 Å². The summed E-state index contributed by atoms with van der Waals surface area (Å²) in [5, 5.41) is 16.0. The van der Waals surface area contributed by atoms with Crippen molar-refractivity contribution < 1.29 is 13.9 Å². The zero-order valence-corrected chi connectivity index (χ0v) is 15.3. The molecule has 7 heteroatoms. The van der Waals surface area contributed by atoms with Crippen LogP contribution in [0.3, 0.4) is 0 Å². The van der Waals surface area contributed by atoms with Gasteiger partial charge >= 0.3 is 0 Å². The maximum absolute atomic E-state index is 13.6. The number of rotatable bonds is 7. The molecule has 0 spiro atoms. The van der Waals surface area contributed by atoms with Gasteiger partial charge in [0.1, 0.15) is 23.5 Å². The van der Waals surface area contributed by atoms with Crippen LogP contribution in [0.25, 0.3) is 10.9 Å². The van der Waals surface area contributed by atoms with Crippen molar-refractivity contribution in [2.45, 2.75) is 6.42 Å². The van der Waals surface area contributed by atoms with Gasteiger partial charge in [-0.25, -0.2) is 9.37 Å². The molecule has 0 bridgehead atoms. The lowest BCUT2D eigenvalue weighted by Gasteiger charge is -2.10. The fourth-order valence-corrected chi connectivity index (χ4v) is 2.74. The van der Waals surface area contributed by atoms with Crippen molar-refractivity contribution in [3.05, 3.63) is 65.5 Å². The molecular formula is C21H19FN4O2. The van der Waals surface area contributed by atoms with Crippen LogP contribution >= 0.6 is 0 Å². The van der Waals surface area contributed by atoms with Gasteiger partial charge < -0.3 is 15.4 Å². The van der Waals surface area contributed by atoms with E-state index >= 15 is 0 Å². The minimum absolute atomic E-state index is 0.0221. The summed E-state index contributed by atoms with van der Waals surface area (Å²) in [6, 6.07) is 15.2. The van der Waals surface area contributed by atoms with E-state index in [1.165, 1.54) is 18.2 Å². The average Bonchev–Trinajstić information content (AvgIpc) is 2.72. The number of nitriles is 1. The van der Waals surface area contributed by atoms with E-state index in [9.17, 15) is 14.4 Å². The van der Waals surface area contributed by atoms with E-state index < -0.39 is 11.7 Å². The summed E-state index contributed by atoms with van der Waals surface area (Å²) in [5.74, 6) is 0.187. The number of methoxy groups -OCH3 is 1. The van der Waals surface area contributed by atoms with Crippen LogP contribution in [0.15, 0.2) is 48.5 Å². The first kappa shape index (κ1) is 19.1. The molecule has 0 atom stereocenters. The Labute approximate surface area is 162 Å². The maximum atomic E-state index is 13.6. The molecule has 2 N–H and O–H groups in total. The molecule has 0 aliphatic carbocycles. The van der Waals surface area contributed by atoms with Gasteiger partial charge in [0.05, 0.1) is 23.8 Å². The van der Waals surface area contributed by atoms with Crippen molar-refractivity contribution in [1.29, 1.82) is 5.26 Å². The third kappa shape index (κ3) is 4.35. The monoisotopic (exact) mass is 378 g/mol. The van der Waals surface area contributed by atoms with Crippen LogP contribution in [-0.4, -0.2) is 31.1 Å². The van der Waals surface area contributed by atoms with Crippen molar-refractivity contribution in [1.82, 2.24) is 10.3 Å². The molecule has 2 aromatic carbocycles. The summed E-state index contributed by atoms with van der Waals surface area (Å²) >= 11 is 0. The Morgan fingerprint density at radius 3 is 2.79 bits per heavy atom. The molecule has 0 aliphatic rings. The van der Waals surface area contributed by atoms with E-state index in [0.29, 0.717) is 36.6 Å². The Balaban J connectivity index is 1.57. The summed E-state index contributed by atoms with van der Waals surface area (Å²) in [6.45, 7) is 0.869. The second-order valence-corrected chi connectivity index (χ2v) is 6.07. The van der Waals surface area contributed by atoms with Gasteiger partial charge in [-0.05, 0) is 42.8 Å². The van der Waals surface area contributed by atoms with Crippen molar-refractivity contribution >= 4 is 22.6 Å². The zero-order valence-electron chi connectivity index (χ0n) is 15.3. The maximum Gasteiger partial charge on any atom is 0.254 e. The Kier molecular flexibility index (Phi) is 6.02. The highest BCUT2D eigenvalue weighted by molar-refractivity contribution is 5.94. The van der Waals surface area contributed by atoms with Crippen LogP contribution in [0.2, 0.25) is 0 Å². The predicted octanol–water partition coefficient (Wildman–Crippen LogP) is 3.49. The van der Waals surface area contributed by atoms with Gasteiger partial charge in [-0.3, -0.25) is 4.79 Å². The molecule has 1 amide bonds. The first-order valence-electron chi connectivity index (χ1n) is 8.78. The van der Waals surface area contributed by atoms with E-state index in [4.69, 9.17) is 4.74 Å². The first-order valence-corrected chi connectivity index (χ1v) is 8.78. The lowest BCUT2D eigenvalue weighted by Crippen LogP contribution is -2.26. The summed E-state index contributed by atoms with van der Waals surface area (Å²) in [4.78, 5) is 16.4. The van der Waals surface area contributed by atoms with Crippen LogP contribution in [0.1, 0.15) is 22.3 Å². The number of pyridine rings is 1. The second kappa shape index (κ2) is 8.82. The number of nitrogens with zero attached hydrogens (tertiary/aromatic N) is 2. The molecular weight excluding hydrogens is 359 g/mol. The van der Waals surface area contributed by atoms with Crippen LogP contribution in [0.5, 0.6) is 5.75 Å². The third-order valence-electron chi connectivity index (χ3n) is 4.19. The molecule has 3 aromatic rings. The van der Waals surface area contributed by atoms with Crippen LogP contribution in [-0.2, 0) is 0 Å². The summed E-state index contributed by atoms with van der Waals surface area (Å²) in [7, 11) is 1.58. The van der Waals surface area contributed by atoms with Gasteiger partial charge in [0, 0.05) is 18.5 Å². The van der Waals surface area contributed by atoms with E-state index in [2.05, 4.69) is 21.7 Å². The number of hydrogen-bond donors (Lipinski definition) is 2. The Bertz CT molecular complexity index is 1050. The smallest absolute Gasteiger partial charge is 0.254 e. The number of carbonyl (C=O) groups excluding carboxylic acids is 1. The van der Waals surface area contributed by atoms with Crippen molar-refractivity contribution in [3.8, 4) is 11.8 Å². The largest absolute Gasteiger partial charge is 0.497 e. The van der Waals surface area contributed by atoms with E-state index in [0.717, 1.165) is 10.9 Å². The summed E-state index contributed by atoms with van der Waals surface area (Å²) < 4.78 is 18.8. The Morgan fingerprint density at radius 2 is 2.04 bits per heavy atom. The molecule has 142 valence electrons. The molecule has 0 unspecified atom stereocenters. The third-order valence-corrected chi connectivity index (χ3v) is 4.19.